The summed E-state index contributed by atoms with van der Waals surface area (Å²) in [6.07, 6.45) is 2.11. The lowest BCUT2D eigenvalue weighted by Crippen LogP contribution is -2.47. The molecular formula is C23H28N2O3. The number of amides is 2. The molecule has 0 bridgehead atoms. The lowest BCUT2D eigenvalue weighted by Gasteiger charge is -2.33. The predicted octanol–water partition coefficient (Wildman–Crippen LogP) is 3.68. The maximum absolute atomic E-state index is 12.8. The Labute approximate surface area is 166 Å². The lowest BCUT2D eigenvalue weighted by molar-refractivity contribution is -0.116. The minimum Gasteiger partial charge on any atom is -0.377 e. The van der Waals surface area contributed by atoms with Crippen LogP contribution in [0, 0.1) is 0 Å². The molecule has 2 aromatic carbocycles. The maximum atomic E-state index is 12.8. The minimum absolute atomic E-state index is 0.0251. The Morgan fingerprint density at radius 3 is 2.61 bits per heavy atom. The van der Waals surface area contributed by atoms with Crippen LogP contribution in [0.2, 0.25) is 0 Å². The number of hydrogen-bond donors (Lipinski definition) is 1. The van der Waals surface area contributed by atoms with E-state index in [4.69, 9.17) is 4.74 Å². The summed E-state index contributed by atoms with van der Waals surface area (Å²) in [7, 11) is 0. The average Bonchev–Trinajstić information content (AvgIpc) is 2.72. The van der Waals surface area contributed by atoms with Crippen molar-refractivity contribution in [2.75, 3.05) is 25.1 Å². The molecule has 0 saturated carbocycles. The van der Waals surface area contributed by atoms with Crippen LogP contribution in [0.4, 0.5) is 5.69 Å². The molecule has 1 atom stereocenters. The molecule has 1 aliphatic heterocycles. The van der Waals surface area contributed by atoms with Crippen molar-refractivity contribution in [1.82, 2.24) is 4.90 Å². The van der Waals surface area contributed by atoms with Crippen molar-refractivity contribution in [2.24, 2.45) is 0 Å². The molecule has 148 valence electrons. The first-order valence-electron chi connectivity index (χ1n) is 9.93. The van der Waals surface area contributed by atoms with Gasteiger partial charge in [0.05, 0.1) is 19.3 Å². The fraction of sp³-hybridized carbons (Fsp3) is 0.391. The molecule has 2 amide bonds. The van der Waals surface area contributed by atoms with Gasteiger partial charge < -0.3 is 15.0 Å². The normalized spacial score (nSPS) is 16.6. The predicted molar refractivity (Wildman–Crippen MR) is 111 cm³/mol. The number of ether oxygens (including phenoxy) is 1. The number of morpholine rings is 1. The summed E-state index contributed by atoms with van der Waals surface area (Å²) in [4.78, 5) is 26.9. The van der Waals surface area contributed by atoms with Gasteiger partial charge in [-0.15, -0.1) is 0 Å². The number of aryl methyl sites for hydroxylation is 2. The highest BCUT2D eigenvalue weighted by Crippen LogP contribution is 2.17. The number of hydrogen-bond acceptors (Lipinski definition) is 3. The van der Waals surface area contributed by atoms with Gasteiger partial charge >= 0.3 is 0 Å². The molecule has 3 rings (SSSR count). The number of benzene rings is 2. The van der Waals surface area contributed by atoms with E-state index in [0.29, 0.717) is 43.9 Å². The summed E-state index contributed by atoms with van der Waals surface area (Å²) < 4.78 is 5.40. The minimum atomic E-state index is -0.0519. The quantitative estimate of drug-likeness (QED) is 0.832. The zero-order chi connectivity index (χ0) is 19.9. The Bertz CT molecular complexity index is 817. The highest BCUT2D eigenvalue weighted by Gasteiger charge is 2.24. The first-order chi connectivity index (χ1) is 13.6. The second kappa shape index (κ2) is 9.51. The van der Waals surface area contributed by atoms with E-state index in [9.17, 15) is 9.59 Å². The maximum Gasteiger partial charge on any atom is 0.254 e. The summed E-state index contributed by atoms with van der Waals surface area (Å²) in [5.41, 5.74) is 3.68. The molecule has 0 aliphatic carbocycles. The molecule has 0 spiro atoms. The van der Waals surface area contributed by atoms with Gasteiger partial charge in [-0.2, -0.15) is 0 Å². The van der Waals surface area contributed by atoms with E-state index in [-0.39, 0.29) is 17.9 Å². The molecule has 2 aromatic rings. The van der Waals surface area contributed by atoms with Crippen molar-refractivity contribution < 1.29 is 14.3 Å². The van der Waals surface area contributed by atoms with Crippen molar-refractivity contribution in [2.45, 2.75) is 39.2 Å². The summed E-state index contributed by atoms with van der Waals surface area (Å²) in [6, 6.07) is 15.6. The fourth-order valence-electron chi connectivity index (χ4n) is 3.35. The summed E-state index contributed by atoms with van der Waals surface area (Å²) in [5.74, 6) is -0.0770. The van der Waals surface area contributed by atoms with Crippen molar-refractivity contribution in [1.29, 1.82) is 0 Å². The van der Waals surface area contributed by atoms with Gasteiger partial charge in [0.1, 0.15) is 0 Å². The average molecular weight is 380 g/mol. The number of carbonyl (C=O) groups excluding carboxylic acids is 2. The third kappa shape index (κ3) is 5.20. The first-order valence-corrected chi connectivity index (χ1v) is 9.93. The van der Waals surface area contributed by atoms with Crippen molar-refractivity contribution >= 4 is 17.5 Å². The molecule has 0 radical (unpaired) electrons. The lowest BCUT2D eigenvalue weighted by atomic mass is 10.1. The molecule has 1 aliphatic rings. The van der Waals surface area contributed by atoms with Crippen LogP contribution in [0.5, 0.6) is 0 Å². The molecule has 28 heavy (non-hydrogen) atoms. The Kier molecular flexibility index (Phi) is 6.82. The topological polar surface area (TPSA) is 58.6 Å². The van der Waals surface area contributed by atoms with E-state index in [0.717, 1.165) is 12.0 Å². The van der Waals surface area contributed by atoms with E-state index in [1.54, 1.807) is 18.2 Å². The van der Waals surface area contributed by atoms with Gasteiger partial charge in [0.25, 0.3) is 5.91 Å². The van der Waals surface area contributed by atoms with Gasteiger partial charge in [0, 0.05) is 24.2 Å². The van der Waals surface area contributed by atoms with Crippen LogP contribution in [-0.2, 0) is 22.4 Å². The molecule has 1 unspecified atom stereocenters. The number of nitrogens with zero attached hydrogens (tertiary/aromatic N) is 1. The van der Waals surface area contributed by atoms with E-state index in [1.165, 1.54) is 5.56 Å². The zero-order valence-corrected chi connectivity index (χ0v) is 16.6. The molecule has 5 heteroatoms. The molecule has 0 aromatic heterocycles. The fourth-order valence-corrected chi connectivity index (χ4v) is 3.35. The first kappa shape index (κ1) is 20.1. The van der Waals surface area contributed by atoms with Gasteiger partial charge in [0.15, 0.2) is 0 Å². The number of anilines is 1. The van der Waals surface area contributed by atoms with Crippen LogP contribution in [0.25, 0.3) is 0 Å². The molecule has 1 N–H and O–H groups in total. The van der Waals surface area contributed by atoms with Gasteiger partial charge in [-0.1, -0.05) is 37.3 Å². The molecule has 5 nitrogen and oxygen atoms in total. The van der Waals surface area contributed by atoms with Crippen molar-refractivity contribution in [3.8, 4) is 0 Å². The molecule has 1 fully saturated rings. The van der Waals surface area contributed by atoms with Crippen LogP contribution >= 0.6 is 0 Å². The highest BCUT2D eigenvalue weighted by atomic mass is 16.5. The van der Waals surface area contributed by atoms with Crippen molar-refractivity contribution in [3.63, 3.8) is 0 Å². The Balaban J connectivity index is 1.57. The van der Waals surface area contributed by atoms with Crippen LogP contribution in [0.1, 0.15) is 41.8 Å². The second-order valence-corrected chi connectivity index (χ2v) is 7.22. The van der Waals surface area contributed by atoms with E-state index < -0.39 is 0 Å². The van der Waals surface area contributed by atoms with E-state index in [2.05, 4.69) is 36.5 Å². The molecule has 1 saturated heterocycles. The van der Waals surface area contributed by atoms with Crippen LogP contribution in [0.15, 0.2) is 48.5 Å². The smallest absolute Gasteiger partial charge is 0.254 e. The molecular weight excluding hydrogens is 352 g/mol. The Morgan fingerprint density at radius 1 is 1.14 bits per heavy atom. The SMILES string of the molecule is CCc1ccc(CCC(=O)Nc2cccc(C(=O)N3CCOCC3C)c2)cc1. The summed E-state index contributed by atoms with van der Waals surface area (Å²) >= 11 is 0. The summed E-state index contributed by atoms with van der Waals surface area (Å²) in [6.45, 7) is 5.82. The van der Waals surface area contributed by atoms with E-state index >= 15 is 0 Å². The monoisotopic (exact) mass is 380 g/mol. The summed E-state index contributed by atoms with van der Waals surface area (Å²) in [5, 5.41) is 2.91. The van der Waals surface area contributed by atoms with Crippen LogP contribution < -0.4 is 5.32 Å². The number of carbonyl (C=O) groups is 2. The number of nitrogens with one attached hydrogen (secondary N) is 1. The van der Waals surface area contributed by atoms with Gasteiger partial charge in [-0.05, 0) is 49.1 Å². The zero-order valence-electron chi connectivity index (χ0n) is 16.6. The largest absolute Gasteiger partial charge is 0.377 e. The van der Waals surface area contributed by atoms with Crippen molar-refractivity contribution in [3.05, 3.63) is 65.2 Å². The van der Waals surface area contributed by atoms with Gasteiger partial charge in [0.2, 0.25) is 5.91 Å². The molecule has 1 heterocycles. The number of rotatable bonds is 6. The third-order valence-electron chi connectivity index (χ3n) is 5.09. The standard InChI is InChI=1S/C23H28N2O3/c1-3-18-7-9-19(10-8-18)11-12-22(26)24-21-6-4-5-20(15-21)23(27)25-13-14-28-16-17(25)2/h4-10,15,17H,3,11-14,16H2,1-2H3,(H,24,26). The third-order valence-corrected chi connectivity index (χ3v) is 5.09. The van der Waals surface area contributed by atoms with Gasteiger partial charge in [-0.25, -0.2) is 0 Å². The highest BCUT2D eigenvalue weighted by molar-refractivity contribution is 5.97. The van der Waals surface area contributed by atoms with Crippen LogP contribution in [0.3, 0.4) is 0 Å². The Hall–Kier alpha value is -2.66. The van der Waals surface area contributed by atoms with Gasteiger partial charge in [-0.3, -0.25) is 9.59 Å². The Morgan fingerprint density at radius 2 is 1.89 bits per heavy atom. The van der Waals surface area contributed by atoms with Crippen LogP contribution in [-0.4, -0.2) is 42.5 Å². The van der Waals surface area contributed by atoms with E-state index in [1.807, 2.05) is 17.9 Å². The second-order valence-electron chi connectivity index (χ2n) is 7.22.